The minimum absolute atomic E-state index is 0.261. The fraction of sp³-hybridized carbons (Fsp3) is 0.318. The molecule has 0 bridgehead atoms. The molecule has 1 unspecified atom stereocenters. The summed E-state index contributed by atoms with van der Waals surface area (Å²) in [5, 5.41) is 5.52. The van der Waals surface area contributed by atoms with Crippen molar-refractivity contribution in [2.75, 3.05) is 25.0 Å². The van der Waals surface area contributed by atoms with Crippen LogP contribution in [0.1, 0.15) is 19.8 Å². The molecule has 154 valence electrons. The summed E-state index contributed by atoms with van der Waals surface area (Å²) in [6.07, 6.45) is 6.07. The molecular formula is C22H23FN6S. The van der Waals surface area contributed by atoms with Crippen LogP contribution in [0, 0.1) is 5.82 Å². The summed E-state index contributed by atoms with van der Waals surface area (Å²) in [4.78, 5) is 17.4. The molecular weight excluding hydrogens is 399 g/mol. The number of benzene rings is 1. The van der Waals surface area contributed by atoms with Gasteiger partial charge in [-0.25, -0.2) is 19.3 Å². The maximum absolute atomic E-state index is 13.4. The summed E-state index contributed by atoms with van der Waals surface area (Å²) in [6.45, 7) is 5.42. The Kier molecular flexibility index (Phi) is 5.18. The van der Waals surface area contributed by atoms with E-state index in [4.69, 9.17) is 9.97 Å². The summed E-state index contributed by atoms with van der Waals surface area (Å²) in [5.74, 6) is 0.370. The molecule has 1 saturated heterocycles. The average molecular weight is 423 g/mol. The number of likely N-dealkylation sites (tertiary alicyclic amines) is 1. The minimum atomic E-state index is -0.261. The molecule has 8 heteroatoms. The van der Waals surface area contributed by atoms with Gasteiger partial charge in [0, 0.05) is 35.9 Å². The third kappa shape index (κ3) is 3.68. The van der Waals surface area contributed by atoms with Crippen molar-refractivity contribution in [3.8, 4) is 22.6 Å². The van der Waals surface area contributed by atoms with Crippen LogP contribution < -0.4 is 5.32 Å². The molecule has 0 amide bonds. The fourth-order valence-electron chi connectivity index (χ4n) is 4.04. The van der Waals surface area contributed by atoms with E-state index in [2.05, 4.69) is 22.1 Å². The first-order valence-corrected chi connectivity index (χ1v) is 11.1. The van der Waals surface area contributed by atoms with Gasteiger partial charge in [-0.05, 0) is 56.3 Å². The van der Waals surface area contributed by atoms with Crippen molar-refractivity contribution in [2.24, 2.45) is 0 Å². The Balaban J connectivity index is 1.51. The molecule has 4 aromatic rings. The summed E-state index contributed by atoms with van der Waals surface area (Å²) in [5.41, 5.74) is 3.34. The quantitative estimate of drug-likeness (QED) is 0.511. The number of likely N-dealkylation sites (N-methyl/N-ethyl adjacent to an activating group) is 1. The molecule has 3 aromatic heterocycles. The van der Waals surface area contributed by atoms with Gasteiger partial charge in [0.2, 0.25) is 5.95 Å². The monoisotopic (exact) mass is 422 g/mol. The van der Waals surface area contributed by atoms with Gasteiger partial charge in [-0.3, -0.25) is 4.40 Å². The van der Waals surface area contributed by atoms with Crippen LogP contribution in [0.3, 0.4) is 0 Å². The van der Waals surface area contributed by atoms with Crippen LogP contribution in [0.25, 0.3) is 27.6 Å². The number of hydrogen-bond donors (Lipinski definition) is 1. The highest BCUT2D eigenvalue weighted by Gasteiger charge is 2.21. The fourth-order valence-corrected chi connectivity index (χ4v) is 4.76. The zero-order chi connectivity index (χ0) is 20.5. The van der Waals surface area contributed by atoms with E-state index in [0.717, 1.165) is 53.7 Å². The Labute approximate surface area is 178 Å². The number of hydrogen-bond acceptors (Lipinski definition) is 6. The van der Waals surface area contributed by atoms with Gasteiger partial charge >= 0.3 is 0 Å². The van der Waals surface area contributed by atoms with Gasteiger partial charge in [-0.2, -0.15) is 0 Å². The van der Waals surface area contributed by atoms with Crippen molar-refractivity contribution < 1.29 is 4.39 Å². The van der Waals surface area contributed by atoms with Gasteiger partial charge in [0.15, 0.2) is 4.96 Å². The van der Waals surface area contributed by atoms with Crippen molar-refractivity contribution in [2.45, 2.75) is 25.8 Å². The van der Waals surface area contributed by atoms with E-state index in [0.29, 0.717) is 12.0 Å². The Hall–Kier alpha value is -2.84. The number of halogens is 1. The highest BCUT2D eigenvalue weighted by molar-refractivity contribution is 7.15. The Morgan fingerprint density at radius 2 is 2.07 bits per heavy atom. The molecule has 1 aliphatic heterocycles. The first-order valence-electron chi connectivity index (χ1n) is 10.2. The molecule has 1 atom stereocenters. The summed E-state index contributed by atoms with van der Waals surface area (Å²) in [6, 6.07) is 8.68. The second-order valence-corrected chi connectivity index (χ2v) is 8.39. The third-order valence-corrected chi connectivity index (χ3v) is 6.32. The Bertz CT molecular complexity index is 1150. The lowest BCUT2D eigenvalue weighted by Crippen LogP contribution is -2.42. The van der Waals surface area contributed by atoms with Crippen molar-refractivity contribution in [3.05, 3.63) is 53.9 Å². The van der Waals surface area contributed by atoms with E-state index in [1.165, 1.54) is 18.6 Å². The summed E-state index contributed by atoms with van der Waals surface area (Å²) < 4.78 is 15.5. The summed E-state index contributed by atoms with van der Waals surface area (Å²) >= 11 is 1.56. The molecule has 30 heavy (non-hydrogen) atoms. The maximum atomic E-state index is 13.4. The van der Waals surface area contributed by atoms with Crippen molar-refractivity contribution >= 4 is 22.2 Å². The largest absolute Gasteiger partial charge is 0.350 e. The molecule has 0 saturated carbocycles. The number of piperidine rings is 1. The molecule has 1 aliphatic rings. The first-order chi connectivity index (χ1) is 14.7. The lowest BCUT2D eigenvalue weighted by Gasteiger charge is -2.32. The van der Waals surface area contributed by atoms with Crippen LogP contribution in [0.5, 0.6) is 0 Å². The van der Waals surface area contributed by atoms with E-state index in [1.54, 1.807) is 29.7 Å². The van der Waals surface area contributed by atoms with Crippen molar-refractivity contribution in [3.63, 3.8) is 0 Å². The zero-order valence-corrected chi connectivity index (χ0v) is 17.6. The number of nitrogens with one attached hydrogen (secondary N) is 1. The molecule has 1 fully saturated rings. The number of nitrogens with zero attached hydrogens (tertiary/aromatic N) is 5. The molecule has 5 rings (SSSR count). The molecule has 6 nitrogen and oxygen atoms in total. The first kappa shape index (κ1) is 19.1. The predicted molar refractivity (Wildman–Crippen MR) is 118 cm³/mol. The molecule has 0 aliphatic carbocycles. The maximum Gasteiger partial charge on any atom is 0.223 e. The smallest absolute Gasteiger partial charge is 0.223 e. The van der Waals surface area contributed by atoms with E-state index < -0.39 is 0 Å². The average Bonchev–Trinajstić information content (AvgIpc) is 3.36. The van der Waals surface area contributed by atoms with Crippen LogP contribution in [0.4, 0.5) is 10.3 Å². The Morgan fingerprint density at radius 3 is 2.90 bits per heavy atom. The molecule has 0 radical (unpaired) electrons. The van der Waals surface area contributed by atoms with E-state index in [9.17, 15) is 4.39 Å². The van der Waals surface area contributed by atoms with Crippen LogP contribution in [-0.2, 0) is 0 Å². The minimum Gasteiger partial charge on any atom is -0.350 e. The van der Waals surface area contributed by atoms with Gasteiger partial charge in [-0.15, -0.1) is 11.3 Å². The standard InChI is InChI=1S/C22H23FN6S/c1-2-28-11-3-4-17(14-28)25-21-24-10-9-18(26-21)20-19(15-5-7-16(23)8-6-15)27-22-29(20)12-13-30-22/h5-10,12-13,17H,2-4,11,14H2,1H3,(H,24,25,26). The van der Waals surface area contributed by atoms with E-state index >= 15 is 0 Å². The molecule has 1 N–H and O–H groups in total. The van der Waals surface area contributed by atoms with Gasteiger partial charge < -0.3 is 10.2 Å². The predicted octanol–water partition coefficient (Wildman–Crippen LogP) is 4.56. The van der Waals surface area contributed by atoms with Crippen LogP contribution in [0.15, 0.2) is 48.1 Å². The number of aromatic nitrogens is 4. The van der Waals surface area contributed by atoms with Crippen molar-refractivity contribution in [1.82, 2.24) is 24.3 Å². The third-order valence-electron chi connectivity index (χ3n) is 5.56. The number of thiazole rings is 1. The topological polar surface area (TPSA) is 58.3 Å². The highest BCUT2D eigenvalue weighted by Crippen LogP contribution is 2.33. The number of rotatable bonds is 5. The van der Waals surface area contributed by atoms with Crippen LogP contribution in [0.2, 0.25) is 0 Å². The van der Waals surface area contributed by atoms with E-state index in [1.807, 2.05) is 22.0 Å². The lowest BCUT2D eigenvalue weighted by atomic mass is 10.1. The highest BCUT2D eigenvalue weighted by atomic mass is 32.1. The van der Waals surface area contributed by atoms with Crippen molar-refractivity contribution in [1.29, 1.82) is 0 Å². The SMILES string of the molecule is CCN1CCCC(Nc2nccc(-c3c(-c4ccc(F)cc4)nc4sccn34)n2)C1. The van der Waals surface area contributed by atoms with Gasteiger partial charge in [0.1, 0.15) is 11.5 Å². The van der Waals surface area contributed by atoms with Gasteiger partial charge in [-0.1, -0.05) is 6.92 Å². The Morgan fingerprint density at radius 1 is 1.20 bits per heavy atom. The number of fused-ring (bicyclic) bond motifs is 1. The normalized spacial score (nSPS) is 17.5. The van der Waals surface area contributed by atoms with Gasteiger partial charge in [0.25, 0.3) is 0 Å². The zero-order valence-electron chi connectivity index (χ0n) is 16.8. The molecule has 4 heterocycles. The second-order valence-electron chi connectivity index (χ2n) is 7.51. The number of anilines is 1. The lowest BCUT2D eigenvalue weighted by molar-refractivity contribution is 0.226. The van der Waals surface area contributed by atoms with Crippen LogP contribution in [-0.4, -0.2) is 49.9 Å². The number of imidazole rings is 1. The van der Waals surface area contributed by atoms with Gasteiger partial charge in [0.05, 0.1) is 11.4 Å². The van der Waals surface area contributed by atoms with E-state index in [-0.39, 0.29) is 5.82 Å². The van der Waals surface area contributed by atoms with Crippen LogP contribution >= 0.6 is 11.3 Å². The molecule has 0 spiro atoms. The molecule has 1 aromatic carbocycles. The summed E-state index contributed by atoms with van der Waals surface area (Å²) in [7, 11) is 0. The second kappa shape index (κ2) is 8.12.